The first-order chi connectivity index (χ1) is 10.5. The monoisotopic (exact) mass is 304 g/mol. The van der Waals surface area contributed by atoms with E-state index in [1.807, 2.05) is 0 Å². The Bertz CT molecular complexity index is 700. The molecule has 6 heteroatoms. The number of hydrogen-bond acceptors (Lipinski definition) is 2. The Labute approximate surface area is 126 Å². The summed E-state index contributed by atoms with van der Waals surface area (Å²) in [6, 6.07) is 9.62. The molecule has 22 heavy (non-hydrogen) atoms. The van der Waals surface area contributed by atoms with E-state index < -0.39 is 17.5 Å². The van der Waals surface area contributed by atoms with Crippen molar-refractivity contribution < 1.29 is 18.4 Å². The predicted octanol–water partition coefficient (Wildman–Crippen LogP) is 2.51. The summed E-state index contributed by atoms with van der Waals surface area (Å²) in [5.41, 5.74) is 1.31. The minimum absolute atomic E-state index is 0.0216. The van der Waals surface area contributed by atoms with Crippen molar-refractivity contribution in [1.82, 2.24) is 5.32 Å². The second-order valence-electron chi connectivity index (χ2n) is 4.63. The molecule has 2 aromatic rings. The normalized spacial score (nSPS) is 10.1. The summed E-state index contributed by atoms with van der Waals surface area (Å²) in [6.45, 7) is 0. The minimum atomic E-state index is -1.08. The van der Waals surface area contributed by atoms with Gasteiger partial charge in [0, 0.05) is 18.3 Å². The average Bonchev–Trinajstić information content (AvgIpc) is 2.51. The molecule has 0 aromatic heterocycles. The van der Waals surface area contributed by atoms with Crippen molar-refractivity contribution in [3.63, 3.8) is 0 Å². The average molecular weight is 304 g/mol. The molecule has 0 spiro atoms. The van der Waals surface area contributed by atoms with E-state index in [-0.39, 0.29) is 17.9 Å². The summed E-state index contributed by atoms with van der Waals surface area (Å²) in [4.78, 5) is 23.2. The van der Waals surface area contributed by atoms with Crippen molar-refractivity contribution in [3.05, 3.63) is 65.2 Å². The molecular formula is C16H14F2N2O2. The highest BCUT2D eigenvalue weighted by Gasteiger charge is 2.10. The quantitative estimate of drug-likeness (QED) is 0.912. The van der Waals surface area contributed by atoms with Crippen molar-refractivity contribution in [2.24, 2.45) is 0 Å². The Hall–Kier alpha value is -2.76. The van der Waals surface area contributed by atoms with Crippen molar-refractivity contribution in [2.75, 3.05) is 12.4 Å². The summed E-state index contributed by atoms with van der Waals surface area (Å²) < 4.78 is 25.9. The molecule has 0 atom stereocenters. The Balaban J connectivity index is 2.05. The number of halogens is 2. The molecule has 114 valence electrons. The van der Waals surface area contributed by atoms with E-state index in [0.29, 0.717) is 5.69 Å². The van der Waals surface area contributed by atoms with Crippen molar-refractivity contribution >= 4 is 17.5 Å². The molecule has 4 nitrogen and oxygen atoms in total. The third-order valence-electron chi connectivity index (χ3n) is 3.04. The fourth-order valence-electron chi connectivity index (χ4n) is 1.82. The van der Waals surface area contributed by atoms with E-state index in [2.05, 4.69) is 10.6 Å². The van der Waals surface area contributed by atoms with Gasteiger partial charge in [-0.2, -0.15) is 0 Å². The largest absolute Gasteiger partial charge is 0.359 e. The van der Waals surface area contributed by atoms with E-state index in [4.69, 9.17) is 0 Å². The van der Waals surface area contributed by atoms with Gasteiger partial charge in [-0.05, 0) is 35.9 Å². The number of benzene rings is 2. The van der Waals surface area contributed by atoms with Gasteiger partial charge in [-0.25, -0.2) is 8.78 Å². The molecule has 0 saturated heterocycles. The summed E-state index contributed by atoms with van der Waals surface area (Å²) >= 11 is 0. The van der Waals surface area contributed by atoms with Crippen molar-refractivity contribution in [3.8, 4) is 0 Å². The number of nitrogens with one attached hydrogen (secondary N) is 2. The van der Waals surface area contributed by atoms with Gasteiger partial charge in [-0.15, -0.1) is 0 Å². The second kappa shape index (κ2) is 6.80. The highest BCUT2D eigenvalue weighted by Crippen LogP contribution is 2.14. The van der Waals surface area contributed by atoms with Gasteiger partial charge in [0.1, 0.15) is 0 Å². The maximum absolute atomic E-state index is 13.1. The highest BCUT2D eigenvalue weighted by molar-refractivity contribution is 6.04. The van der Waals surface area contributed by atoms with Crippen LogP contribution < -0.4 is 10.6 Å². The summed E-state index contributed by atoms with van der Waals surface area (Å²) in [6.07, 6.45) is 0.244. The lowest BCUT2D eigenvalue weighted by Gasteiger charge is -2.07. The van der Waals surface area contributed by atoms with Crippen LogP contribution in [-0.2, 0) is 11.2 Å². The van der Waals surface area contributed by atoms with E-state index in [0.717, 1.165) is 17.7 Å². The first-order valence-corrected chi connectivity index (χ1v) is 6.55. The first kappa shape index (κ1) is 15.6. The van der Waals surface area contributed by atoms with E-state index in [1.54, 1.807) is 31.3 Å². The minimum Gasteiger partial charge on any atom is -0.359 e. The lowest BCUT2D eigenvalue weighted by Crippen LogP contribution is -2.19. The molecule has 0 unspecified atom stereocenters. The van der Waals surface area contributed by atoms with Crippen LogP contribution in [0.3, 0.4) is 0 Å². The van der Waals surface area contributed by atoms with Gasteiger partial charge in [0.15, 0.2) is 11.6 Å². The number of carbonyl (C=O) groups is 2. The van der Waals surface area contributed by atoms with Gasteiger partial charge >= 0.3 is 0 Å². The third-order valence-corrected chi connectivity index (χ3v) is 3.04. The van der Waals surface area contributed by atoms with Crippen LogP contribution in [0, 0.1) is 11.6 Å². The Morgan fingerprint density at radius 2 is 1.68 bits per heavy atom. The van der Waals surface area contributed by atoms with Crippen LogP contribution in [0.15, 0.2) is 42.5 Å². The predicted molar refractivity (Wildman–Crippen MR) is 78.5 cm³/mol. The van der Waals surface area contributed by atoms with Crippen LogP contribution in [0.1, 0.15) is 15.9 Å². The molecule has 0 fully saturated rings. The van der Waals surface area contributed by atoms with Crippen LogP contribution >= 0.6 is 0 Å². The Morgan fingerprint density at radius 3 is 2.27 bits per heavy atom. The van der Waals surface area contributed by atoms with Gasteiger partial charge in [0.25, 0.3) is 5.91 Å². The fraction of sp³-hybridized carbons (Fsp3) is 0.125. The molecule has 2 rings (SSSR count). The summed E-state index contributed by atoms with van der Waals surface area (Å²) in [5, 5.41) is 5.09. The van der Waals surface area contributed by atoms with Crippen molar-refractivity contribution in [1.29, 1.82) is 0 Å². The SMILES string of the molecule is CNC(=O)Cc1ccc(NC(=O)c2ccc(F)c(F)c2)cc1. The zero-order chi connectivity index (χ0) is 16.1. The molecule has 2 aromatic carbocycles. The number of hydrogen-bond donors (Lipinski definition) is 2. The van der Waals surface area contributed by atoms with Crippen LogP contribution in [0.4, 0.5) is 14.5 Å². The maximum atomic E-state index is 13.1. The molecule has 0 radical (unpaired) electrons. The summed E-state index contributed by atoms with van der Waals surface area (Å²) in [7, 11) is 1.55. The van der Waals surface area contributed by atoms with Gasteiger partial charge in [-0.1, -0.05) is 12.1 Å². The van der Waals surface area contributed by atoms with E-state index >= 15 is 0 Å². The number of rotatable bonds is 4. The lowest BCUT2D eigenvalue weighted by molar-refractivity contribution is -0.119. The van der Waals surface area contributed by atoms with E-state index in [9.17, 15) is 18.4 Å². The zero-order valence-corrected chi connectivity index (χ0v) is 11.8. The molecule has 2 N–H and O–H groups in total. The molecule has 0 aliphatic rings. The molecule has 0 heterocycles. The smallest absolute Gasteiger partial charge is 0.255 e. The molecule has 0 aliphatic carbocycles. The van der Waals surface area contributed by atoms with Gasteiger partial charge in [0.05, 0.1) is 6.42 Å². The van der Waals surface area contributed by atoms with Crippen LogP contribution in [0.25, 0.3) is 0 Å². The molecular weight excluding hydrogens is 290 g/mol. The standard InChI is InChI=1S/C16H14F2N2O2/c1-19-15(21)8-10-2-5-12(6-3-10)20-16(22)11-4-7-13(17)14(18)9-11/h2-7,9H,8H2,1H3,(H,19,21)(H,20,22). The maximum Gasteiger partial charge on any atom is 0.255 e. The second-order valence-corrected chi connectivity index (χ2v) is 4.63. The number of anilines is 1. The third kappa shape index (κ3) is 3.88. The highest BCUT2D eigenvalue weighted by atomic mass is 19.2. The zero-order valence-electron chi connectivity index (χ0n) is 11.8. The van der Waals surface area contributed by atoms with Crippen LogP contribution in [0.2, 0.25) is 0 Å². The fourth-order valence-corrected chi connectivity index (χ4v) is 1.82. The van der Waals surface area contributed by atoms with E-state index in [1.165, 1.54) is 6.07 Å². The van der Waals surface area contributed by atoms with Crippen LogP contribution in [0.5, 0.6) is 0 Å². The number of carbonyl (C=O) groups excluding carboxylic acids is 2. The first-order valence-electron chi connectivity index (χ1n) is 6.55. The molecule has 0 aliphatic heterocycles. The van der Waals surface area contributed by atoms with Gasteiger partial charge in [-0.3, -0.25) is 9.59 Å². The van der Waals surface area contributed by atoms with Crippen molar-refractivity contribution in [2.45, 2.75) is 6.42 Å². The Morgan fingerprint density at radius 1 is 1.00 bits per heavy atom. The molecule has 0 saturated carbocycles. The lowest BCUT2D eigenvalue weighted by atomic mass is 10.1. The topological polar surface area (TPSA) is 58.2 Å². The van der Waals surface area contributed by atoms with Gasteiger partial charge in [0.2, 0.25) is 5.91 Å². The molecule has 2 amide bonds. The number of amides is 2. The molecule has 0 bridgehead atoms. The van der Waals surface area contributed by atoms with Gasteiger partial charge < -0.3 is 10.6 Å². The van der Waals surface area contributed by atoms with Crippen LogP contribution in [-0.4, -0.2) is 18.9 Å². The Kier molecular flexibility index (Phi) is 4.83. The summed E-state index contributed by atoms with van der Waals surface area (Å²) in [5.74, 6) is -2.74. The number of likely N-dealkylation sites (N-methyl/N-ethyl adjacent to an activating group) is 1.